The molecule has 256 valence electrons. The van der Waals surface area contributed by atoms with Gasteiger partial charge in [-0.1, -0.05) is 34.6 Å². The van der Waals surface area contributed by atoms with Crippen LogP contribution in [0.5, 0.6) is 0 Å². The first-order chi connectivity index (χ1) is 23.0. The number of Topliss-reactive ketones (excluding diaryl/α,β-unsaturated/α-hetero) is 1. The van der Waals surface area contributed by atoms with Gasteiger partial charge in [0.15, 0.2) is 5.78 Å². The lowest BCUT2D eigenvalue weighted by Crippen LogP contribution is -2.13. The van der Waals surface area contributed by atoms with E-state index in [9.17, 15) is 14.4 Å². The highest BCUT2D eigenvalue weighted by Gasteiger charge is 2.33. The molecule has 8 bridgehead atoms. The first-order valence-corrected chi connectivity index (χ1v) is 17.5. The van der Waals surface area contributed by atoms with E-state index >= 15 is 0 Å². The minimum absolute atomic E-state index is 0.0193. The Labute approximate surface area is 283 Å². The Balaban J connectivity index is 1.85. The van der Waals surface area contributed by atoms with E-state index in [4.69, 9.17) is 19.4 Å². The molecular formula is C39H50N4O5. The maximum atomic E-state index is 13.3. The second-order valence-electron chi connectivity index (χ2n) is 13.4. The van der Waals surface area contributed by atoms with Crippen molar-refractivity contribution in [2.45, 2.75) is 118 Å². The summed E-state index contributed by atoms with van der Waals surface area (Å²) in [5.74, 6) is -0.430. The van der Waals surface area contributed by atoms with E-state index in [0.29, 0.717) is 25.2 Å². The van der Waals surface area contributed by atoms with Gasteiger partial charge in [0, 0.05) is 74.9 Å². The molecule has 0 amide bonds. The van der Waals surface area contributed by atoms with Gasteiger partial charge in [-0.25, -0.2) is 0 Å². The Hall–Kier alpha value is -4.27. The highest BCUT2D eigenvalue weighted by molar-refractivity contribution is 6.04. The van der Waals surface area contributed by atoms with E-state index in [1.54, 1.807) is 6.92 Å². The van der Waals surface area contributed by atoms with Crippen molar-refractivity contribution in [1.82, 2.24) is 19.9 Å². The summed E-state index contributed by atoms with van der Waals surface area (Å²) in [4.78, 5) is 56.5. The molecule has 48 heavy (non-hydrogen) atoms. The topological polar surface area (TPSA) is 127 Å². The number of aromatic amines is 2. The number of ketones is 1. The van der Waals surface area contributed by atoms with Gasteiger partial charge < -0.3 is 19.4 Å². The second kappa shape index (κ2) is 14.9. The number of nitrogens with one attached hydrogen (secondary N) is 2. The van der Waals surface area contributed by atoms with Gasteiger partial charge in [-0.05, 0) is 81.8 Å². The monoisotopic (exact) mass is 654 g/mol. The van der Waals surface area contributed by atoms with Gasteiger partial charge in [0.25, 0.3) is 0 Å². The zero-order valence-electron chi connectivity index (χ0n) is 29.7. The third-order valence-electron chi connectivity index (χ3n) is 9.97. The van der Waals surface area contributed by atoms with E-state index in [2.05, 4.69) is 49.8 Å². The van der Waals surface area contributed by atoms with E-state index < -0.39 is 0 Å². The predicted octanol–water partition coefficient (Wildman–Crippen LogP) is 8.55. The zero-order valence-corrected chi connectivity index (χ0v) is 29.7. The molecule has 2 aliphatic rings. The fraction of sp³-hybridized carbons (Fsp3) is 0.513. The molecule has 0 radical (unpaired) electrons. The van der Waals surface area contributed by atoms with Crippen LogP contribution in [0, 0.1) is 13.8 Å². The Morgan fingerprint density at radius 3 is 2.02 bits per heavy atom. The summed E-state index contributed by atoms with van der Waals surface area (Å²) < 4.78 is 11.0. The fourth-order valence-electron chi connectivity index (χ4n) is 7.24. The quantitative estimate of drug-likeness (QED) is 0.157. The summed E-state index contributed by atoms with van der Waals surface area (Å²) in [5, 5.41) is 0. The lowest BCUT2D eigenvalue weighted by atomic mass is 9.85. The standard InChI is InChI=1S/C39H50N4O5/c1-9-14-47-36(45)13-12-27-23(6)31-19-32-24(7)38(25(8)44)35(42-32)20-30-22(5)26(11-3)34(41-30)18-29-21(4)16-33(40-29)28(39(27)43-31)17-37(46)48-15-10-2/h16,18-20,22-23,26-27,40,42H,9-15,17H2,1-8H3/t22-,23+,26-,27+/m1/s1. The van der Waals surface area contributed by atoms with Crippen LogP contribution in [0.2, 0.25) is 0 Å². The first kappa shape index (κ1) is 35.0. The van der Waals surface area contributed by atoms with Crippen molar-refractivity contribution in [1.29, 1.82) is 0 Å². The molecule has 0 unspecified atom stereocenters. The first-order valence-electron chi connectivity index (χ1n) is 17.5. The molecule has 0 saturated carbocycles. The lowest BCUT2D eigenvalue weighted by molar-refractivity contribution is -0.144. The molecule has 0 saturated heterocycles. The molecular weight excluding hydrogens is 604 g/mol. The maximum absolute atomic E-state index is 13.3. The van der Waals surface area contributed by atoms with Crippen LogP contribution in [0.15, 0.2) is 24.3 Å². The number of esters is 2. The van der Waals surface area contributed by atoms with Crippen LogP contribution in [-0.2, 0) is 25.5 Å². The van der Waals surface area contributed by atoms with Gasteiger partial charge in [0.05, 0.1) is 30.8 Å². The van der Waals surface area contributed by atoms with Crippen LogP contribution in [0.4, 0.5) is 0 Å². The van der Waals surface area contributed by atoms with Crippen LogP contribution in [-0.4, -0.2) is 50.9 Å². The minimum atomic E-state index is -0.321. The molecule has 5 rings (SSSR count). The molecule has 3 aromatic rings. The van der Waals surface area contributed by atoms with Crippen LogP contribution >= 0.6 is 0 Å². The number of nitrogens with zero attached hydrogens (tertiary/aromatic N) is 2. The van der Waals surface area contributed by atoms with Gasteiger partial charge in [-0.15, -0.1) is 0 Å². The normalized spacial score (nSPS) is 18.9. The average molecular weight is 655 g/mol. The highest BCUT2D eigenvalue weighted by atomic mass is 16.5. The molecule has 2 aliphatic heterocycles. The molecule has 0 aromatic carbocycles. The van der Waals surface area contributed by atoms with Crippen LogP contribution in [0.3, 0.4) is 0 Å². The van der Waals surface area contributed by atoms with Gasteiger partial charge in [-0.2, -0.15) is 0 Å². The largest absolute Gasteiger partial charge is 0.466 e. The van der Waals surface area contributed by atoms with Crippen molar-refractivity contribution < 1.29 is 23.9 Å². The Bertz CT molecular complexity index is 1870. The van der Waals surface area contributed by atoms with Crippen molar-refractivity contribution in [2.75, 3.05) is 13.2 Å². The smallest absolute Gasteiger partial charge is 0.310 e. The van der Waals surface area contributed by atoms with Crippen LogP contribution in [0.25, 0.3) is 22.1 Å². The van der Waals surface area contributed by atoms with Crippen molar-refractivity contribution in [3.8, 4) is 0 Å². The van der Waals surface area contributed by atoms with Crippen molar-refractivity contribution in [2.24, 2.45) is 0 Å². The number of hydrogen-bond donors (Lipinski definition) is 2. The maximum Gasteiger partial charge on any atom is 0.310 e. The number of aromatic nitrogens is 4. The second-order valence-corrected chi connectivity index (χ2v) is 13.4. The third kappa shape index (κ3) is 7.10. The van der Waals surface area contributed by atoms with E-state index in [0.717, 1.165) is 80.8 Å². The lowest BCUT2D eigenvalue weighted by Gasteiger charge is -2.18. The molecule has 2 N–H and O–H groups in total. The summed E-state index contributed by atoms with van der Waals surface area (Å²) >= 11 is 0. The number of H-pyrrole nitrogens is 2. The van der Waals surface area contributed by atoms with Crippen molar-refractivity contribution in [3.05, 3.63) is 69.3 Å². The molecule has 3 aromatic heterocycles. The van der Waals surface area contributed by atoms with Gasteiger partial charge in [0.2, 0.25) is 0 Å². The molecule has 5 heterocycles. The van der Waals surface area contributed by atoms with E-state index in [1.807, 2.05) is 32.9 Å². The third-order valence-corrected chi connectivity index (χ3v) is 9.97. The van der Waals surface area contributed by atoms with Gasteiger partial charge in [-0.3, -0.25) is 24.4 Å². The number of carbonyl (C=O) groups excluding carboxylic acids is 3. The van der Waals surface area contributed by atoms with Crippen LogP contribution in [0.1, 0.15) is 147 Å². The minimum Gasteiger partial charge on any atom is -0.466 e. The fourth-order valence-corrected chi connectivity index (χ4v) is 7.24. The number of hydrogen-bond acceptors (Lipinski definition) is 7. The predicted molar refractivity (Wildman–Crippen MR) is 189 cm³/mol. The Kier molecular flexibility index (Phi) is 10.9. The summed E-state index contributed by atoms with van der Waals surface area (Å²) in [7, 11) is 0. The molecule has 9 nitrogen and oxygen atoms in total. The van der Waals surface area contributed by atoms with Crippen LogP contribution < -0.4 is 0 Å². The molecule has 4 atom stereocenters. The van der Waals surface area contributed by atoms with Crippen molar-refractivity contribution in [3.63, 3.8) is 0 Å². The number of rotatable bonds is 11. The SMILES string of the molecule is CCCOC(=O)CC[C@@H]1c2nc(cc3[nH]c(cc4nc(cc5[nH]c(cc5C)c2CC(=O)OCCC)[C@H](CC)[C@H]4C)c(C(C)=O)c3C)[C@H]1C. The van der Waals surface area contributed by atoms with Gasteiger partial charge in [0.1, 0.15) is 0 Å². The number of carbonyl (C=O) groups is 3. The molecule has 0 spiro atoms. The van der Waals surface area contributed by atoms with Gasteiger partial charge >= 0.3 is 11.9 Å². The number of fused-ring (bicyclic) bond motifs is 8. The summed E-state index contributed by atoms with van der Waals surface area (Å²) in [5.41, 5.74) is 10.1. The zero-order chi connectivity index (χ0) is 34.7. The summed E-state index contributed by atoms with van der Waals surface area (Å²) in [6, 6.07) is 8.24. The summed E-state index contributed by atoms with van der Waals surface area (Å²) in [6.45, 7) is 16.8. The molecule has 0 aliphatic carbocycles. The Morgan fingerprint density at radius 1 is 0.750 bits per heavy atom. The van der Waals surface area contributed by atoms with E-state index in [-0.39, 0.29) is 54.2 Å². The Morgan fingerprint density at radius 2 is 1.35 bits per heavy atom. The summed E-state index contributed by atoms with van der Waals surface area (Å²) in [6.07, 6.45) is 3.19. The molecule has 0 fully saturated rings. The number of aryl methyl sites for hydroxylation is 2. The average Bonchev–Trinajstić information content (AvgIpc) is 3.75. The molecule has 9 heteroatoms. The van der Waals surface area contributed by atoms with E-state index in [1.165, 1.54) is 0 Å². The number of ether oxygens (including phenoxy) is 2. The van der Waals surface area contributed by atoms with Crippen molar-refractivity contribution >= 4 is 39.8 Å². The highest BCUT2D eigenvalue weighted by Crippen LogP contribution is 2.43.